The Balaban J connectivity index is 1.90. The van der Waals surface area contributed by atoms with E-state index in [2.05, 4.69) is 29.1 Å². The second kappa shape index (κ2) is 7.65. The van der Waals surface area contributed by atoms with E-state index in [0.717, 1.165) is 29.4 Å². The van der Waals surface area contributed by atoms with Gasteiger partial charge in [0.2, 0.25) is 0 Å². The van der Waals surface area contributed by atoms with Gasteiger partial charge in [-0.15, -0.1) is 0 Å². The lowest BCUT2D eigenvalue weighted by molar-refractivity contribution is 0.340. The molecule has 0 atom stereocenters. The third-order valence-corrected chi connectivity index (χ3v) is 6.13. The first kappa shape index (κ1) is 20.2. The number of benzene rings is 2. The van der Waals surface area contributed by atoms with Crippen molar-refractivity contribution in [1.82, 2.24) is 10.1 Å². The number of nitrogens with zero attached hydrogens (tertiary/aromatic N) is 2. The van der Waals surface area contributed by atoms with Crippen LogP contribution in [0.4, 0.5) is 4.39 Å². The van der Waals surface area contributed by atoms with Crippen LogP contribution in [-0.4, -0.2) is 15.5 Å². The Hall–Kier alpha value is -3.06. The van der Waals surface area contributed by atoms with Crippen molar-refractivity contribution in [3.8, 4) is 11.4 Å². The molecule has 1 aromatic heterocycles. The van der Waals surface area contributed by atoms with Crippen molar-refractivity contribution >= 4 is 16.7 Å². The summed E-state index contributed by atoms with van der Waals surface area (Å²) >= 11 is 0. The summed E-state index contributed by atoms with van der Waals surface area (Å²) in [5, 5.41) is 15.2. The fourth-order valence-corrected chi connectivity index (χ4v) is 4.63. The van der Waals surface area contributed by atoms with Gasteiger partial charge in [-0.25, -0.2) is 15.8 Å². The van der Waals surface area contributed by atoms with Crippen LogP contribution in [0, 0.1) is 18.7 Å². The molecule has 6 nitrogen and oxygen atoms in total. The quantitative estimate of drug-likeness (QED) is 0.220. The summed E-state index contributed by atoms with van der Waals surface area (Å²) in [6.45, 7) is 6.10. The average Bonchev–Trinajstić information content (AvgIpc) is 2.97. The lowest BCUT2D eigenvalue weighted by Gasteiger charge is -2.36. The minimum atomic E-state index is -0.218. The summed E-state index contributed by atoms with van der Waals surface area (Å²) in [4.78, 5) is 0. The van der Waals surface area contributed by atoms with Gasteiger partial charge in [0, 0.05) is 22.7 Å². The maximum atomic E-state index is 13.9. The Morgan fingerprint density at radius 1 is 1.23 bits per heavy atom. The number of halogens is 1. The zero-order valence-electron chi connectivity index (χ0n) is 17.5. The van der Waals surface area contributed by atoms with Crippen LogP contribution in [0.2, 0.25) is 0 Å². The number of rotatable bonds is 5. The van der Waals surface area contributed by atoms with Crippen LogP contribution in [0.5, 0.6) is 5.75 Å². The zero-order chi connectivity index (χ0) is 21.6. The van der Waals surface area contributed by atoms with Crippen molar-refractivity contribution in [2.45, 2.75) is 45.4 Å². The van der Waals surface area contributed by atoms with Gasteiger partial charge in [-0.3, -0.25) is 0 Å². The van der Waals surface area contributed by atoms with E-state index in [4.69, 9.17) is 11.6 Å². The van der Waals surface area contributed by atoms with Gasteiger partial charge in [-0.1, -0.05) is 13.8 Å². The Kier molecular flexibility index (Phi) is 5.15. The van der Waals surface area contributed by atoms with Gasteiger partial charge in [-0.2, -0.15) is 5.10 Å². The van der Waals surface area contributed by atoms with Crippen LogP contribution in [0.15, 0.2) is 41.5 Å². The molecule has 6 N–H and O–H groups in total. The number of fused-ring (bicyclic) bond motifs is 1. The molecule has 1 fully saturated rings. The minimum Gasteiger partial charge on any atom is -0.508 e. The fraction of sp³-hybridized carbons (Fsp3) is 0.348. The van der Waals surface area contributed by atoms with Crippen LogP contribution in [0.1, 0.15) is 55.3 Å². The lowest BCUT2D eigenvalue weighted by atomic mass is 9.69. The third-order valence-electron chi connectivity index (χ3n) is 6.13. The summed E-state index contributed by atoms with van der Waals surface area (Å²) in [6.07, 6.45) is 1.74. The van der Waals surface area contributed by atoms with Crippen LogP contribution in [0.3, 0.4) is 0 Å². The van der Waals surface area contributed by atoms with Crippen LogP contribution >= 0.6 is 0 Å². The number of hydrazone groups is 1. The average molecular weight is 410 g/mol. The molecular formula is C23H28FN5O. The zero-order valence-corrected chi connectivity index (χ0v) is 17.5. The monoisotopic (exact) mass is 409 g/mol. The van der Waals surface area contributed by atoms with Crippen molar-refractivity contribution in [3.05, 3.63) is 59.0 Å². The highest BCUT2D eigenvalue weighted by molar-refractivity contribution is 5.90. The molecule has 4 rings (SSSR count). The highest BCUT2D eigenvalue weighted by atomic mass is 19.1. The van der Waals surface area contributed by atoms with Crippen molar-refractivity contribution in [1.29, 1.82) is 0 Å². The van der Waals surface area contributed by atoms with E-state index in [9.17, 15) is 9.50 Å². The molecule has 1 saturated carbocycles. The van der Waals surface area contributed by atoms with Crippen molar-refractivity contribution in [2.75, 3.05) is 0 Å². The van der Waals surface area contributed by atoms with E-state index in [1.807, 2.05) is 24.3 Å². The Bertz CT molecular complexity index is 1130. The standard InChI is InChI=1S/C23H28FN5O/c1-12(2)22-21(14-9-15(10-14)23(25)27-28-26)18-11-17(30)5-7-20(18)29(22)16-4-6-19(24)13(3)8-16/h4-8,11-12,14-15,28,30H,9-10,26H2,1-3H3,(H2,25,27). The number of nitrogens with two attached hydrogens (primary N) is 2. The highest BCUT2D eigenvalue weighted by Crippen LogP contribution is 2.49. The molecule has 0 spiro atoms. The first-order valence-corrected chi connectivity index (χ1v) is 10.2. The molecule has 2 aromatic carbocycles. The van der Waals surface area contributed by atoms with Crippen molar-refractivity contribution in [2.24, 2.45) is 22.6 Å². The second-order valence-electron chi connectivity index (χ2n) is 8.45. The second-order valence-corrected chi connectivity index (χ2v) is 8.45. The maximum absolute atomic E-state index is 13.9. The van der Waals surface area contributed by atoms with E-state index >= 15 is 0 Å². The molecule has 158 valence electrons. The SMILES string of the molecule is Cc1cc(-n2c(C(C)C)c(C3CC(/C(N)=N/NN)C3)c3cc(O)ccc32)ccc1F. The van der Waals surface area contributed by atoms with E-state index < -0.39 is 0 Å². The summed E-state index contributed by atoms with van der Waals surface area (Å²) in [6, 6.07) is 10.7. The smallest absolute Gasteiger partial charge is 0.126 e. The van der Waals surface area contributed by atoms with Gasteiger partial charge in [-0.05, 0) is 79.1 Å². The largest absolute Gasteiger partial charge is 0.508 e. The fourth-order valence-electron chi connectivity index (χ4n) is 4.63. The molecule has 3 aromatic rings. The van der Waals surface area contributed by atoms with Crippen molar-refractivity contribution in [3.63, 3.8) is 0 Å². The number of nitrogens with one attached hydrogen (secondary N) is 1. The topological polar surface area (TPSA) is 102 Å². The molecular weight excluding hydrogens is 381 g/mol. The number of hydrogen-bond donors (Lipinski definition) is 4. The number of aryl methyl sites for hydroxylation is 1. The number of amidine groups is 1. The molecule has 7 heteroatoms. The third kappa shape index (κ3) is 3.29. The van der Waals surface area contributed by atoms with Gasteiger partial charge in [0.15, 0.2) is 0 Å². The predicted molar refractivity (Wildman–Crippen MR) is 118 cm³/mol. The van der Waals surface area contributed by atoms with E-state index in [1.54, 1.807) is 13.0 Å². The molecule has 0 radical (unpaired) electrons. The Morgan fingerprint density at radius 3 is 2.60 bits per heavy atom. The first-order valence-electron chi connectivity index (χ1n) is 10.2. The predicted octanol–water partition coefficient (Wildman–Crippen LogP) is 4.14. The number of hydrazine groups is 1. The van der Waals surface area contributed by atoms with Gasteiger partial charge < -0.3 is 15.4 Å². The summed E-state index contributed by atoms with van der Waals surface area (Å²) in [5.41, 5.74) is 13.2. The van der Waals surface area contributed by atoms with E-state index in [0.29, 0.717) is 17.3 Å². The Morgan fingerprint density at radius 2 is 1.97 bits per heavy atom. The molecule has 0 bridgehead atoms. The van der Waals surface area contributed by atoms with Gasteiger partial charge in [0.25, 0.3) is 0 Å². The molecule has 1 aliphatic rings. The summed E-state index contributed by atoms with van der Waals surface area (Å²) in [5.74, 6) is 6.50. The molecule has 0 aliphatic heterocycles. The van der Waals surface area contributed by atoms with Crippen LogP contribution < -0.4 is 17.1 Å². The van der Waals surface area contributed by atoms with E-state index in [-0.39, 0.29) is 23.4 Å². The number of phenols is 1. The van der Waals surface area contributed by atoms with Crippen molar-refractivity contribution < 1.29 is 9.50 Å². The van der Waals surface area contributed by atoms with Crippen LogP contribution in [0.25, 0.3) is 16.6 Å². The minimum absolute atomic E-state index is 0.176. The van der Waals surface area contributed by atoms with Crippen LogP contribution in [-0.2, 0) is 0 Å². The summed E-state index contributed by atoms with van der Waals surface area (Å²) in [7, 11) is 0. The molecule has 1 heterocycles. The highest BCUT2D eigenvalue weighted by Gasteiger charge is 2.37. The number of aromatic nitrogens is 1. The Labute approximate surface area is 175 Å². The summed E-state index contributed by atoms with van der Waals surface area (Å²) < 4.78 is 16.1. The molecule has 1 aliphatic carbocycles. The van der Waals surface area contributed by atoms with Gasteiger partial charge in [0.05, 0.1) is 5.52 Å². The van der Waals surface area contributed by atoms with E-state index in [1.165, 1.54) is 17.3 Å². The molecule has 30 heavy (non-hydrogen) atoms. The lowest BCUT2D eigenvalue weighted by Crippen LogP contribution is -2.36. The first-order chi connectivity index (χ1) is 14.3. The molecule has 0 unspecified atom stereocenters. The van der Waals surface area contributed by atoms with Gasteiger partial charge >= 0.3 is 0 Å². The maximum Gasteiger partial charge on any atom is 0.126 e. The number of hydrogen-bond acceptors (Lipinski definition) is 4. The van der Waals surface area contributed by atoms with Gasteiger partial charge in [0.1, 0.15) is 17.4 Å². The number of aromatic hydroxyl groups is 1. The molecule has 0 saturated heterocycles. The molecule has 0 amide bonds. The normalized spacial score (nSPS) is 19.3. The number of phenolic OH excluding ortho intramolecular Hbond substituents is 1.